The summed E-state index contributed by atoms with van der Waals surface area (Å²) in [6.45, 7) is 4.39. The van der Waals surface area contributed by atoms with E-state index < -0.39 is 0 Å². The summed E-state index contributed by atoms with van der Waals surface area (Å²) in [5, 5.41) is 5.23. The summed E-state index contributed by atoms with van der Waals surface area (Å²) in [5.41, 5.74) is 7.30. The Morgan fingerprint density at radius 3 is 1.21 bits per heavy atom. The Kier molecular flexibility index (Phi) is 12.5. The van der Waals surface area contributed by atoms with E-state index in [-0.39, 0.29) is 51.0 Å². The topological polar surface area (TPSA) is 26.3 Å². The number of rotatable bonds is 6. The molecule has 0 radical (unpaired) electrons. The number of fused-ring (bicyclic) bond motifs is 2. The summed E-state index contributed by atoms with van der Waals surface area (Å²) < 4.78 is 12.1. The maximum Gasteiger partial charge on any atom is 4.00 e. The first kappa shape index (κ1) is 36.0. The molecule has 0 fully saturated rings. The normalized spacial score (nSPS) is 10.4. The van der Waals surface area contributed by atoms with Crippen molar-refractivity contribution in [1.82, 2.24) is 0 Å². The van der Waals surface area contributed by atoms with Crippen LogP contribution in [0.5, 0.6) is 0 Å². The third-order valence-electron chi connectivity index (χ3n) is 8.34. The summed E-state index contributed by atoms with van der Waals surface area (Å²) in [4.78, 5) is 0. The molecule has 0 bridgehead atoms. The second kappa shape index (κ2) is 16.3. The van der Waals surface area contributed by atoms with Crippen molar-refractivity contribution in [2.75, 3.05) is 0 Å². The van der Waals surface area contributed by atoms with E-state index >= 15 is 0 Å². The quantitative estimate of drug-likeness (QED) is 0.193. The first-order chi connectivity index (χ1) is 21.7. The van der Waals surface area contributed by atoms with Gasteiger partial charge >= 0.3 is 26.2 Å². The van der Waals surface area contributed by atoms with Crippen molar-refractivity contribution < 1.29 is 59.9 Å². The molecule has 0 atom stereocenters. The molecule has 0 unspecified atom stereocenters. The minimum absolute atomic E-state index is 0. The molecule has 5 heteroatoms. The van der Waals surface area contributed by atoms with Crippen molar-refractivity contribution in [3.63, 3.8) is 0 Å². The third kappa shape index (κ3) is 7.65. The molecule has 0 aliphatic heterocycles. The van der Waals surface area contributed by atoms with E-state index in [1.54, 1.807) is 0 Å². The molecule has 2 aromatic heterocycles. The van der Waals surface area contributed by atoms with Gasteiger partial charge in [-0.1, -0.05) is 121 Å². The van der Waals surface area contributed by atoms with Gasteiger partial charge in [0.15, 0.2) is 0 Å². The van der Waals surface area contributed by atoms with Gasteiger partial charge in [0.2, 0.25) is 0 Å². The summed E-state index contributed by atoms with van der Waals surface area (Å²) in [6, 6.07) is 50.5. The number of hydrogen-bond donors (Lipinski definition) is 0. The molecule has 0 N–H and O–H groups in total. The molecule has 2 heterocycles. The molecular weight excluding hydrogens is 699 g/mol. The summed E-state index contributed by atoms with van der Waals surface area (Å²) >= 11 is 0. The zero-order valence-electron chi connectivity index (χ0n) is 26.3. The van der Waals surface area contributed by atoms with E-state index in [9.17, 15) is 0 Å². The molecule has 2 nitrogen and oxygen atoms in total. The van der Waals surface area contributed by atoms with E-state index in [2.05, 4.69) is 111 Å². The molecule has 0 amide bonds. The number of hydrogen-bond acceptors (Lipinski definition) is 2. The van der Waals surface area contributed by atoms with E-state index in [4.69, 9.17) is 8.83 Å². The van der Waals surface area contributed by atoms with Crippen LogP contribution >= 0.6 is 0 Å². The number of halogens is 2. The zero-order valence-corrected chi connectivity index (χ0v) is 30.3. The van der Waals surface area contributed by atoms with Gasteiger partial charge in [0.25, 0.3) is 0 Å². The first-order valence-corrected chi connectivity index (χ1v) is 15.4. The van der Waals surface area contributed by atoms with Crippen molar-refractivity contribution >= 4 is 21.5 Å². The van der Waals surface area contributed by atoms with Crippen LogP contribution in [0.15, 0.2) is 154 Å². The van der Waals surface area contributed by atoms with Gasteiger partial charge in [0.05, 0.1) is 11.5 Å². The maximum absolute atomic E-state index is 6.06. The molecule has 8 rings (SSSR count). The van der Waals surface area contributed by atoms with Crippen LogP contribution in [-0.4, -0.2) is 0 Å². The average Bonchev–Trinajstić information content (AvgIpc) is 3.90. The van der Waals surface area contributed by atoms with Crippen molar-refractivity contribution in [2.24, 2.45) is 0 Å². The van der Waals surface area contributed by atoms with Crippen LogP contribution in [0, 0.1) is 0 Å². The van der Waals surface area contributed by atoms with Gasteiger partial charge in [-0.2, -0.15) is 0 Å². The Bertz CT molecular complexity index is 1990. The van der Waals surface area contributed by atoms with Gasteiger partial charge in [-0.3, -0.25) is 0 Å². The SMILES string of the molecule is CCc1cccc2[cH-]c(-c3ccc(-c4ccccc4)o3)cc12.CCc1cccc2[cH-]c(-c3ccc(-c4ccccc4)o3)cc12.[Cl-].[Cl-].[Zr+4]. The second-order valence-electron chi connectivity index (χ2n) is 11.1. The fraction of sp³-hybridized carbons (Fsp3) is 0.0952. The predicted octanol–water partition coefficient (Wildman–Crippen LogP) is 6.10. The van der Waals surface area contributed by atoms with Crippen molar-refractivity contribution in [2.45, 2.75) is 26.7 Å². The van der Waals surface area contributed by atoms with Crippen molar-refractivity contribution in [3.8, 4) is 45.3 Å². The average molecular weight is 733 g/mol. The van der Waals surface area contributed by atoms with Crippen LogP contribution in [0.3, 0.4) is 0 Å². The van der Waals surface area contributed by atoms with Crippen LogP contribution in [0.2, 0.25) is 0 Å². The van der Waals surface area contributed by atoms with Crippen molar-refractivity contribution in [3.05, 3.63) is 157 Å². The third-order valence-corrected chi connectivity index (χ3v) is 8.34. The monoisotopic (exact) mass is 730 g/mol. The van der Waals surface area contributed by atoms with E-state index in [1.165, 1.54) is 32.7 Å². The van der Waals surface area contributed by atoms with Crippen LogP contribution in [-0.2, 0) is 39.0 Å². The first-order valence-electron chi connectivity index (χ1n) is 15.4. The standard InChI is InChI=1S/2C21H17O.2ClH.Zr/c2*1-2-15-9-6-10-17-13-18(14-19(15)17)21-12-11-20(22-21)16-7-4-3-5-8-16;;;/h2*3-14H,2H2,1H3;2*1H;/q2*-1;;;+4/p-2. The van der Waals surface area contributed by atoms with E-state index in [0.717, 1.165) is 58.1 Å². The van der Waals surface area contributed by atoms with Gasteiger partial charge < -0.3 is 33.6 Å². The van der Waals surface area contributed by atoms with Crippen molar-refractivity contribution in [1.29, 1.82) is 0 Å². The maximum atomic E-state index is 6.06. The Morgan fingerprint density at radius 2 is 0.830 bits per heavy atom. The van der Waals surface area contributed by atoms with Gasteiger partial charge in [0, 0.05) is 11.1 Å². The Morgan fingerprint density at radius 1 is 0.447 bits per heavy atom. The van der Waals surface area contributed by atoms with Gasteiger partial charge in [-0.15, -0.1) is 57.9 Å². The minimum Gasteiger partial charge on any atom is -1.00 e. The van der Waals surface area contributed by atoms with Gasteiger partial charge in [-0.05, 0) is 37.1 Å². The van der Waals surface area contributed by atoms with Crippen LogP contribution < -0.4 is 24.8 Å². The number of aryl methyl sites for hydroxylation is 2. The second-order valence-corrected chi connectivity index (χ2v) is 11.1. The predicted molar refractivity (Wildman–Crippen MR) is 184 cm³/mol. The smallest absolute Gasteiger partial charge is 1.00 e. The largest absolute Gasteiger partial charge is 4.00 e. The molecule has 0 saturated carbocycles. The van der Waals surface area contributed by atoms with E-state index in [0.29, 0.717) is 0 Å². The number of furan rings is 2. The molecule has 0 aliphatic rings. The Balaban J connectivity index is 0.000000200. The van der Waals surface area contributed by atoms with E-state index in [1.807, 2.05) is 48.5 Å². The van der Waals surface area contributed by atoms with Crippen LogP contribution in [0.1, 0.15) is 25.0 Å². The minimum atomic E-state index is 0. The molecule has 0 spiro atoms. The van der Waals surface area contributed by atoms with Crippen LogP contribution in [0.25, 0.3) is 66.8 Å². The molecule has 232 valence electrons. The summed E-state index contributed by atoms with van der Waals surface area (Å²) in [6.07, 6.45) is 2.10. The summed E-state index contributed by atoms with van der Waals surface area (Å²) in [7, 11) is 0. The Labute approximate surface area is 308 Å². The fourth-order valence-corrected chi connectivity index (χ4v) is 6.00. The fourth-order valence-electron chi connectivity index (χ4n) is 6.00. The van der Waals surface area contributed by atoms with Crippen LogP contribution in [0.4, 0.5) is 0 Å². The van der Waals surface area contributed by atoms with Gasteiger partial charge in [0.1, 0.15) is 11.5 Å². The molecule has 8 aromatic rings. The summed E-state index contributed by atoms with van der Waals surface area (Å²) in [5.74, 6) is 3.68. The zero-order chi connectivity index (χ0) is 29.9. The number of benzene rings is 4. The molecular formula is C42H34Cl2O2Zr. The molecule has 0 aliphatic carbocycles. The molecule has 6 aromatic carbocycles. The molecule has 0 saturated heterocycles. The van der Waals surface area contributed by atoms with Gasteiger partial charge in [-0.25, -0.2) is 0 Å². The molecule has 47 heavy (non-hydrogen) atoms. The Hall–Kier alpha value is -3.88.